The van der Waals surface area contributed by atoms with E-state index in [0.29, 0.717) is 0 Å². The van der Waals surface area contributed by atoms with E-state index >= 15 is 0 Å². The average molecular weight is 194 g/mol. The molecule has 5 heteroatoms. The Labute approximate surface area is 80.9 Å². The molecule has 1 amide bonds. The molecule has 1 aromatic carbocycles. The van der Waals surface area contributed by atoms with Gasteiger partial charge in [-0.3, -0.25) is 4.79 Å². The van der Waals surface area contributed by atoms with Crippen LogP contribution in [0.25, 0.3) is 0 Å². The van der Waals surface area contributed by atoms with Crippen LogP contribution in [0.4, 0.5) is 5.69 Å². The number of amides is 1. The van der Waals surface area contributed by atoms with Crippen molar-refractivity contribution in [3.8, 4) is 5.75 Å². The lowest BCUT2D eigenvalue weighted by Gasteiger charge is -2.11. The van der Waals surface area contributed by atoms with Crippen LogP contribution < -0.4 is 0 Å². The predicted molar refractivity (Wildman–Crippen MR) is 51.6 cm³/mol. The zero-order valence-electron chi connectivity index (χ0n) is 7.89. The third-order valence-corrected chi connectivity index (χ3v) is 1.75. The number of carbonyl (C=O) groups is 1. The molecule has 0 unspecified atom stereocenters. The van der Waals surface area contributed by atoms with Crippen LogP contribution in [-0.4, -0.2) is 30.0 Å². The van der Waals surface area contributed by atoms with Crippen LogP contribution in [0.2, 0.25) is 0 Å². The molecule has 0 aliphatic carbocycles. The number of phenolic OH excluding ortho intramolecular Hbond substituents is 1. The highest BCUT2D eigenvalue weighted by Gasteiger charge is 2.15. The zero-order chi connectivity index (χ0) is 10.7. The first kappa shape index (κ1) is 10.2. The molecule has 0 bridgehead atoms. The molecule has 1 rings (SSSR count). The third-order valence-electron chi connectivity index (χ3n) is 1.75. The van der Waals surface area contributed by atoms with Gasteiger partial charge in [-0.05, 0) is 17.3 Å². The molecule has 0 aliphatic heterocycles. The van der Waals surface area contributed by atoms with Gasteiger partial charge in [-0.15, -0.1) is 4.91 Å². The van der Waals surface area contributed by atoms with E-state index in [1.165, 1.54) is 23.1 Å². The minimum Gasteiger partial charge on any atom is -0.505 e. The van der Waals surface area contributed by atoms with Gasteiger partial charge in [0.25, 0.3) is 5.91 Å². The average Bonchev–Trinajstić information content (AvgIpc) is 2.17. The van der Waals surface area contributed by atoms with Crippen molar-refractivity contribution in [2.75, 3.05) is 14.1 Å². The van der Waals surface area contributed by atoms with Gasteiger partial charge in [-0.2, -0.15) is 0 Å². The molecule has 0 spiro atoms. The first-order chi connectivity index (χ1) is 6.57. The molecule has 14 heavy (non-hydrogen) atoms. The number of carbonyl (C=O) groups excluding carboxylic acids is 1. The minimum absolute atomic E-state index is 0.0760. The van der Waals surface area contributed by atoms with E-state index in [2.05, 4.69) is 5.18 Å². The number of benzene rings is 1. The first-order valence-electron chi connectivity index (χ1n) is 3.95. The smallest absolute Gasteiger partial charge is 0.257 e. The predicted octanol–water partition coefficient (Wildman–Crippen LogP) is 1.49. The van der Waals surface area contributed by atoms with Crippen molar-refractivity contribution in [2.45, 2.75) is 0 Å². The van der Waals surface area contributed by atoms with Gasteiger partial charge in [0.1, 0.15) is 5.69 Å². The first-order valence-corrected chi connectivity index (χ1v) is 3.95. The minimum atomic E-state index is -0.374. The molecule has 1 aromatic rings. The number of para-hydroxylation sites is 1. The Morgan fingerprint density at radius 2 is 2.07 bits per heavy atom. The second kappa shape index (κ2) is 3.87. The quantitative estimate of drug-likeness (QED) is 0.725. The molecule has 1 N–H and O–H groups in total. The van der Waals surface area contributed by atoms with E-state index in [1.54, 1.807) is 14.1 Å². The third kappa shape index (κ3) is 1.71. The largest absolute Gasteiger partial charge is 0.505 e. The highest BCUT2D eigenvalue weighted by atomic mass is 16.3. The van der Waals surface area contributed by atoms with E-state index in [-0.39, 0.29) is 22.9 Å². The SMILES string of the molecule is CN(C)C(=O)c1cccc(N=O)c1O. The van der Waals surface area contributed by atoms with Crippen LogP contribution in [0.15, 0.2) is 23.4 Å². The van der Waals surface area contributed by atoms with Crippen LogP contribution in [0.3, 0.4) is 0 Å². The number of phenols is 1. The van der Waals surface area contributed by atoms with Gasteiger partial charge in [0.15, 0.2) is 5.75 Å². The molecule has 0 fully saturated rings. The van der Waals surface area contributed by atoms with Crippen molar-refractivity contribution in [3.63, 3.8) is 0 Å². The van der Waals surface area contributed by atoms with Gasteiger partial charge in [0.2, 0.25) is 0 Å². The number of aromatic hydroxyl groups is 1. The topological polar surface area (TPSA) is 70.0 Å². The molecule has 0 aromatic heterocycles. The zero-order valence-corrected chi connectivity index (χ0v) is 7.89. The van der Waals surface area contributed by atoms with Gasteiger partial charge in [-0.1, -0.05) is 6.07 Å². The normalized spacial score (nSPS) is 9.57. The van der Waals surface area contributed by atoms with Gasteiger partial charge >= 0.3 is 0 Å². The molecule has 0 radical (unpaired) electrons. The van der Waals surface area contributed by atoms with E-state index in [4.69, 9.17) is 0 Å². The summed E-state index contributed by atoms with van der Waals surface area (Å²) >= 11 is 0. The number of rotatable bonds is 2. The highest BCUT2D eigenvalue weighted by Crippen LogP contribution is 2.30. The Hall–Kier alpha value is -1.91. The lowest BCUT2D eigenvalue weighted by Crippen LogP contribution is -2.21. The van der Waals surface area contributed by atoms with E-state index in [1.807, 2.05) is 0 Å². The summed E-state index contributed by atoms with van der Waals surface area (Å²) in [6.45, 7) is 0. The van der Waals surface area contributed by atoms with Crippen LogP contribution in [0.5, 0.6) is 5.75 Å². The van der Waals surface area contributed by atoms with E-state index in [0.717, 1.165) is 0 Å². The van der Waals surface area contributed by atoms with Crippen LogP contribution >= 0.6 is 0 Å². The fraction of sp³-hybridized carbons (Fsp3) is 0.222. The second-order valence-electron chi connectivity index (χ2n) is 2.96. The molecule has 0 heterocycles. The number of hydrogen-bond acceptors (Lipinski definition) is 4. The van der Waals surface area contributed by atoms with Gasteiger partial charge in [0, 0.05) is 14.1 Å². The van der Waals surface area contributed by atoms with Crippen molar-refractivity contribution in [2.24, 2.45) is 5.18 Å². The van der Waals surface area contributed by atoms with Crippen molar-refractivity contribution in [1.82, 2.24) is 4.90 Å². The molecular weight excluding hydrogens is 184 g/mol. The molecule has 74 valence electrons. The maximum Gasteiger partial charge on any atom is 0.257 e. The summed E-state index contributed by atoms with van der Waals surface area (Å²) < 4.78 is 0. The van der Waals surface area contributed by atoms with Crippen molar-refractivity contribution < 1.29 is 9.90 Å². The van der Waals surface area contributed by atoms with E-state index in [9.17, 15) is 14.8 Å². The van der Waals surface area contributed by atoms with Crippen molar-refractivity contribution in [3.05, 3.63) is 28.7 Å². The van der Waals surface area contributed by atoms with Crippen molar-refractivity contribution in [1.29, 1.82) is 0 Å². The van der Waals surface area contributed by atoms with Crippen LogP contribution in [0, 0.1) is 4.91 Å². The van der Waals surface area contributed by atoms with Gasteiger partial charge in [-0.25, -0.2) is 0 Å². The summed E-state index contributed by atoms with van der Waals surface area (Å²) in [5.74, 6) is -0.741. The monoisotopic (exact) mass is 194 g/mol. The van der Waals surface area contributed by atoms with Gasteiger partial charge in [0.05, 0.1) is 5.56 Å². The Balaban J connectivity index is 3.22. The summed E-state index contributed by atoms with van der Waals surface area (Å²) in [6.07, 6.45) is 0. The van der Waals surface area contributed by atoms with E-state index < -0.39 is 0 Å². The number of hydrogen-bond donors (Lipinski definition) is 1. The maximum atomic E-state index is 11.5. The molecule has 0 atom stereocenters. The molecular formula is C9H10N2O3. The Morgan fingerprint density at radius 3 is 2.57 bits per heavy atom. The number of nitroso groups, excluding NO2 is 1. The summed E-state index contributed by atoms with van der Waals surface area (Å²) in [6, 6.07) is 4.27. The maximum absolute atomic E-state index is 11.5. The van der Waals surface area contributed by atoms with Crippen LogP contribution in [-0.2, 0) is 0 Å². The Kier molecular flexibility index (Phi) is 2.81. The second-order valence-corrected chi connectivity index (χ2v) is 2.96. The molecule has 0 saturated carbocycles. The van der Waals surface area contributed by atoms with Gasteiger partial charge < -0.3 is 10.0 Å². The standard InChI is InChI=1S/C9H10N2O3/c1-11(2)9(13)6-4-3-5-7(10-14)8(6)12/h3-5,12H,1-2H3. The molecule has 0 aliphatic rings. The lowest BCUT2D eigenvalue weighted by atomic mass is 10.1. The summed E-state index contributed by atoms with van der Waals surface area (Å²) in [4.78, 5) is 23.0. The summed E-state index contributed by atoms with van der Waals surface area (Å²) in [5, 5.41) is 12.1. The molecule has 0 saturated heterocycles. The fourth-order valence-corrected chi connectivity index (χ4v) is 1.02. The fourth-order valence-electron chi connectivity index (χ4n) is 1.02. The lowest BCUT2D eigenvalue weighted by molar-refractivity contribution is 0.0824. The number of nitrogens with zero attached hydrogens (tertiary/aromatic N) is 2. The summed E-state index contributed by atoms with van der Waals surface area (Å²) in [7, 11) is 3.12. The Bertz CT molecular complexity index is 374. The summed E-state index contributed by atoms with van der Waals surface area (Å²) in [5.41, 5.74) is -0.0511. The highest BCUT2D eigenvalue weighted by molar-refractivity contribution is 5.98. The molecule has 5 nitrogen and oxygen atoms in total. The van der Waals surface area contributed by atoms with Crippen molar-refractivity contribution >= 4 is 11.6 Å². The Morgan fingerprint density at radius 1 is 1.43 bits per heavy atom. The van der Waals surface area contributed by atoms with Crippen LogP contribution in [0.1, 0.15) is 10.4 Å².